The van der Waals surface area contributed by atoms with Gasteiger partial charge in [-0.05, 0) is 5.53 Å². The van der Waals surface area contributed by atoms with Crippen molar-refractivity contribution < 1.29 is 45.2 Å². The topological polar surface area (TPSA) is 209 Å². The Bertz CT molecular complexity index is 494. The minimum Gasteiger partial charge on any atom is -0.394 e. The van der Waals surface area contributed by atoms with Crippen molar-refractivity contribution in [2.75, 3.05) is 13.2 Å². The van der Waals surface area contributed by atoms with Gasteiger partial charge in [0, 0.05) is 4.91 Å². The second-order valence-electron chi connectivity index (χ2n) is 5.74. The summed E-state index contributed by atoms with van der Waals surface area (Å²) < 4.78 is 10.7. The Morgan fingerprint density at radius 3 is 1.84 bits per heavy atom. The van der Waals surface area contributed by atoms with Gasteiger partial charge in [-0.25, -0.2) is 0 Å². The van der Waals surface area contributed by atoms with E-state index in [1.54, 1.807) is 0 Å². The van der Waals surface area contributed by atoms with Crippen molar-refractivity contribution in [1.29, 1.82) is 0 Å². The number of thioether (sulfide) groups is 1. The third kappa shape index (κ3) is 4.18. The van der Waals surface area contributed by atoms with Gasteiger partial charge in [0.25, 0.3) is 0 Å². The normalized spacial score (nSPS) is 48.0. The van der Waals surface area contributed by atoms with E-state index in [-0.39, 0.29) is 0 Å². The molecule has 144 valence electrons. The Kier molecular flexibility index (Phi) is 7.25. The molecule has 0 amide bonds. The fourth-order valence-corrected chi connectivity index (χ4v) is 4.01. The molecule has 2 rings (SSSR count). The van der Waals surface area contributed by atoms with Crippen LogP contribution in [0, 0.1) is 0 Å². The summed E-state index contributed by atoms with van der Waals surface area (Å²) in [6.07, 6.45) is -9.91. The summed E-state index contributed by atoms with van der Waals surface area (Å²) in [5, 5.41) is 71.5. The van der Waals surface area contributed by atoms with Gasteiger partial charge in [0.2, 0.25) is 0 Å². The van der Waals surface area contributed by atoms with Crippen LogP contribution in [-0.2, 0) is 9.47 Å². The highest BCUT2D eigenvalue weighted by atomic mass is 32.2. The van der Waals surface area contributed by atoms with Crippen LogP contribution < -0.4 is 0 Å². The Balaban J connectivity index is 2.15. The van der Waals surface area contributed by atoms with Crippen molar-refractivity contribution >= 4 is 11.8 Å². The van der Waals surface area contributed by atoms with E-state index in [0.29, 0.717) is 11.8 Å². The van der Waals surface area contributed by atoms with Crippen LogP contribution in [0.15, 0.2) is 5.11 Å². The molecule has 7 N–H and O–H groups in total. The maximum atomic E-state index is 10.3. The molecule has 0 saturated carbocycles. The number of azide groups is 1. The third-order valence-electron chi connectivity index (χ3n) is 4.15. The SMILES string of the molecule is [N-]=[N+]=NC1C(O)[C@H](S[C@@H]2OC(CO)[C@H](O)C(O)C2O)OC(CO)[C@@H]1O. The second-order valence-corrected chi connectivity index (χ2v) is 6.94. The van der Waals surface area contributed by atoms with E-state index in [4.69, 9.17) is 15.0 Å². The molecule has 2 fully saturated rings. The monoisotopic (exact) mass is 383 g/mol. The van der Waals surface area contributed by atoms with Crippen LogP contribution in [0.3, 0.4) is 0 Å². The summed E-state index contributed by atoms with van der Waals surface area (Å²) in [5.74, 6) is 0. The molecule has 0 aromatic rings. The fraction of sp³-hybridized carbons (Fsp3) is 1.00. The van der Waals surface area contributed by atoms with E-state index in [0.717, 1.165) is 0 Å². The lowest BCUT2D eigenvalue weighted by molar-refractivity contribution is -0.207. The quantitative estimate of drug-likeness (QED) is 0.142. The largest absolute Gasteiger partial charge is 0.394 e. The van der Waals surface area contributed by atoms with Crippen LogP contribution in [0.25, 0.3) is 10.4 Å². The lowest BCUT2D eigenvalue weighted by Crippen LogP contribution is -2.60. The number of hydrogen-bond donors (Lipinski definition) is 7. The van der Waals surface area contributed by atoms with E-state index >= 15 is 0 Å². The predicted octanol–water partition coefficient (Wildman–Crippen LogP) is -3.36. The third-order valence-corrected chi connectivity index (χ3v) is 5.47. The predicted molar refractivity (Wildman–Crippen MR) is 82.1 cm³/mol. The van der Waals surface area contributed by atoms with E-state index < -0.39 is 72.9 Å². The molecule has 0 radical (unpaired) electrons. The molecule has 2 aliphatic rings. The van der Waals surface area contributed by atoms with Gasteiger partial charge in [0.15, 0.2) is 0 Å². The van der Waals surface area contributed by atoms with Gasteiger partial charge in [-0.3, -0.25) is 0 Å². The van der Waals surface area contributed by atoms with Gasteiger partial charge in [-0.1, -0.05) is 16.9 Å². The molecule has 2 saturated heterocycles. The highest BCUT2D eigenvalue weighted by Crippen LogP contribution is 2.37. The zero-order valence-corrected chi connectivity index (χ0v) is 13.7. The Hall–Kier alpha value is -0.700. The number of hydrogen-bond acceptors (Lipinski definition) is 11. The summed E-state index contributed by atoms with van der Waals surface area (Å²) in [4.78, 5) is 2.54. The Labute approximate surface area is 146 Å². The van der Waals surface area contributed by atoms with Crippen LogP contribution in [-0.4, -0.2) is 109 Å². The molecule has 0 spiro atoms. The highest BCUT2D eigenvalue weighted by molar-refractivity contribution is 8.00. The van der Waals surface area contributed by atoms with Gasteiger partial charge in [0.1, 0.15) is 47.5 Å². The number of ether oxygens (including phenoxy) is 2. The Morgan fingerprint density at radius 1 is 0.800 bits per heavy atom. The lowest BCUT2D eigenvalue weighted by atomic mass is 9.98. The van der Waals surface area contributed by atoms with Crippen molar-refractivity contribution in [3.63, 3.8) is 0 Å². The van der Waals surface area contributed by atoms with Gasteiger partial charge >= 0.3 is 0 Å². The van der Waals surface area contributed by atoms with Gasteiger partial charge in [-0.15, -0.1) is 0 Å². The summed E-state index contributed by atoms with van der Waals surface area (Å²) in [6, 6.07) is -1.31. The first kappa shape index (κ1) is 20.6. The minimum absolute atomic E-state index is 0.614. The number of nitrogens with zero attached hydrogens (tertiary/aromatic N) is 3. The molecule has 25 heavy (non-hydrogen) atoms. The van der Waals surface area contributed by atoms with Crippen LogP contribution in [0.1, 0.15) is 0 Å². The molecular formula is C12H21N3O9S. The maximum Gasteiger partial charge on any atom is 0.134 e. The van der Waals surface area contributed by atoms with Crippen LogP contribution in [0.2, 0.25) is 0 Å². The highest BCUT2D eigenvalue weighted by Gasteiger charge is 2.49. The number of aliphatic hydroxyl groups excluding tert-OH is 7. The molecule has 2 aliphatic heterocycles. The van der Waals surface area contributed by atoms with E-state index in [1.165, 1.54) is 0 Å². The zero-order chi connectivity index (χ0) is 18.7. The van der Waals surface area contributed by atoms with Crippen molar-refractivity contribution in [2.24, 2.45) is 5.11 Å². The molecule has 10 atom stereocenters. The molecule has 0 bridgehead atoms. The summed E-state index contributed by atoms with van der Waals surface area (Å²) in [5.41, 5.74) is 6.19. The average Bonchev–Trinajstić information content (AvgIpc) is 2.61. The molecule has 2 heterocycles. The van der Waals surface area contributed by atoms with Crippen LogP contribution in [0.5, 0.6) is 0 Å². The molecule has 6 unspecified atom stereocenters. The van der Waals surface area contributed by atoms with Crippen molar-refractivity contribution in [3.8, 4) is 0 Å². The fourth-order valence-electron chi connectivity index (χ4n) is 2.69. The van der Waals surface area contributed by atoms with Gasteiger partial charge < -0.3 is 45.2 Å². The van der Waals surface area contributed by atoms with Gasteiger partial charge in [0.05, 0.1) is 25.4 Å². The first-order valence-corrected chi connectivity index (χ1v) is 8.42. The van der Waals surface area contributed by atoms with Crippen molar-refractivity contribution in [1.82, 2.24) is 0 Å². The van der Waals surface area contributed by atoms with E-state index in [2.05, 4.69) is 10.0 Å². The standard InChI is InChI=1S/C12H21N3O9S/c13-15-14-5-6(18)3(1-16)23-11(8(5)20)25-12-10(22)9(21)7(19)4(2-17)24-12/h3-12,16-22H,1-2H2/t3?,4?,5?,6-,7-,8?,9?,10?,11-,12-/m0/s1. The molecule has 0 aromatic heterocycles. The molecule has 13 heteroatoms. The lowest BCUT2D eigenvalue weighted by Gasteiger charge is -2.44. The van der Waals surface area contributed by atoms with Crippen molar-refractivity contribution in [2.45, 2.75) is 59.6 Å². The van der Waals surface area contributed by atoms with Crippen molar-refractivity contribution in [3.05, 3.63) is 10.4 Å². The number of rotatable bonds is 5. The first-order chi connectivity index (χ1) is 11.8. The molecule has 0 aliphatic carbocycles. The van der Waals surface area contributed by atoms with Crippen LogP contribution in [0.4, 0.5) is 0 Å². The van der Waals surface area contributed by atoms with E-state index in [9.17, 15) is 35.7 Å². The summed E-state index contributed by atoms with van der Waals surface area (Å²) in [7, 11) is 0. The zero-order valence-electron chi connectivity index (χ0n) is 12.9. The average molecular weight is 383 g/mol. The molecule has 12 nitrogen and oxygen atoms in total. The second kappa shape index (κ2) is 8.79. The summed E-state index contributed by atoms with van der Waals surface area (Å²) in [6.45, 7) is -1.23. The van der Waals surface area contributed by atoms with Gasteiger partial charge in [-0.2, -0.15) is 0 Å². The van der Waals surface area contributed by atoms with Crippen LogP contribution >= 0.6 is 11.8 Å². The number of aliphatic hydroxyl groups is 7. The Morgan fingerprint density at radius 2 is 1.32 bits per heavy atom. The van der Waals surface area contributed by atoms with E-state index in [1.807, 2.05) is 0 Å². The molecule has 0 aromatic carbocycles. The summed E-state index contributed by atoms with van der Waals surface area (Å²) >= 11 is 0.701. The molecular weight excluding hydrogens is 362 g/mol. The first-order valence-electron chi connectivity index (χ1n) is 7.48. The minimum atomic E-state index is -1.60. The maximum absolute atomic E-state index is 10.3. The smallest absolute Gasteiger partial charge is 0.134 e.